The molecule has 0 unspecified atom stereocenters. The van der Waals surface area contributed by atoms with Gasteiger partial charge in [0, 0.05) is 18.7 Å². The van der Waals surface area contributed by atoms with Crippen molar-refractivity contribution in [2.75, 3.05) is 13.6 Å². The van der Waals surface area contributed by atoms with E-state index < -0.39 is 0 Å². The third-order valence-corrected chi connectivity index (χ3v) is 4.32. The Labute approximate surface area is 147 Å². The van der Waals surface area contributed by atoms with Gasteiger partial charge in [-0.25, -0.2) is 0 Å². The van der Waals surface area contributed by atoms with E-state index in [2.05, 4.69) is 69.2 Å². The first-order chi connectivity index (χ1) is 11.7. The number of hydrogen-bond acceptors (Lipinski definition) is 3. The number of rotatable bonds is 7. The highest BCUT2D eigenvalue weighted by Crippen LogP contribution is 2.17. The van der Waals surface area contributed by atoms with Gasteiger partial charge in [0.05, 0.1) is 0 Å². The molecule has 3 rings (SSSR count). The summed E-state index contributed by atoms with van der Waals surface area (Å²) in [7, 11) is 2.15. The van der Waals surface area contributed by atoms with Crippen LogP contribution in [0.4, 0.5) is 0 Å². The average molecular weight is 338 g/mol. The Morgan fingerprint density at radius 2 is 1.71 bits per heavy atom. The third-order valence-electron chi connectivity index (χ3n) is 4.01. The lowest BCUT2D eigenvalue weighted by molar-refractivity contribution is 0.314. The second kappa shape index (κ2) is 8.04. The summed E-state index contributed by atoms with van der Waals surface area (Å²) in [5, 5.41) is 7.30. The molecule has 3 aromatic rings. The van der Waals surface area contributed by atoms with E-state index in [1.54, 1.807) is 0 Å². The van der Waals surface area contributed by atoms with Crippen LogP contribution in [0.1, 0.15) is 12.0 Å². The van der Waals surface area contributed by atoms with Crippen molar-refractivity contribution in [1.82, 2.24) is 19.7 Å². The van der Waals surface area contributed by atoms with Gasteiger partial charge in [-0.3, -0.25) is 5.10 Å². The third kappa shape index (κ3) is 4.19. The largest absolute Gasteiger partial charge is 0.302 e. The quantitative estimate of drug-likeness (QED) is 0.658. The number of aromatic amines is 1. The monoisotopic (exact) mass is 338 g/mol. The molecular formula is C19H22N4S. The van der Waals surface area contributed by atoms with Crippen LogP contribution in [0, 0.1) is 4.77 Å². The van der Waals surface area contributed by atoms with E-state index >= 15 is 0 Å². The molecule has 0 bridgehead atoms. The maximum Gasteiger partial charge on any atom is 0.195 e. The highest BCUT2D eigenvalue weighted by atomic mass is 32.1. The Morgan fingerprint density at radius 3 is 2.42 bits per heavy atom. The molecule has 0 aliphatic heterocycles. The Morgan fingerprint density at radius 1 is 1.04 bits per heavy atom. The molecule has 0 aliphatic rings. The predicted octanol–water partition coefficient (Wildman–Crippen LogP) is 4.13. The minimum absolute atomic E-state index is 0.680. The van der Waals surface area contributed by atoms with Crippen molar-refractivity contribution in [1.29, 1.82) is 0 Å². The van der Waals surface area contributed by atoms with Crippen molar-refractivity contribution >= 4 is 12.2 Å². The van der Waals surface area contributed by atoms with Crippen molar-refractivity contribution in [3.63, 3.8) is 0 Å². The molecule has 24 heavy (non-hydrogen) atoms. The Bertz CT molecular complexity index is 808. The summed E-state index contributed by atoms with van der Waals surface area (Å²) < 4.78 is 2.76. The molecule has 0 saturated heterocycles. The molecule has 0 saturated carbocycles. The molecule has 0 aliphatic carbocycles. The molecular weight excluding hydrogens is 316 g/mol. The molecule has 124 valence electrons. The second-order valence-electron chi connectivity index (χ2n) is 5.95. The van der Waals surface area contributed by atoms with Gasteiger partial charge in [0.1, 0.15) is 0 Å². The first-order valence-corrected chi connectivity index (χ1v) is 8.58. The summed E-state index contributed by atoms with van der Waals surface area (Å²) in [5.74, 6) is 0.909. The van der Waals surface area contributed by atoms with Gasteiger partial charge in [-0.2, -0.15) is 5.10 Å². The molecule has 4 nitrogen and oxygen atoms in total. The minimum Gasteiger partial charge on any atom is -0.302 e. The molecule has 0 radical (unpaired) electrons. The van der Waals surface area contributed by atoms with E-state index in [0.29, 0.717) is 4.77 Å². The van der Waals surface area contributed by atoms with Gasteiger partial charge in [0.2, 0.25) is 0 Å². The SMILES string of the molecule is CN(CCCn1c(-c2ccccc2)n[nH]c1=S)Cc1ccccc1. The van der Waals surface area contributed by atoms with Crippen molar-refractivity contribution < 1.29 is 0 Å². The number of nitrogens with one attached hydrogen (secondary N) is 1. The summed E-state index contributed by atoms with van der Waals surface area (Å²) in [6.07, 6.45) is 1.02. The van der Waals surface area contributed by atoms with Crippen LogP contribution >= 0.6 is 12.2 Å². The zero-order chi connectivity index (χ0) is 16.8. The predicted molar refractivity (Wildman–Crippen MR) is 100 cm³/mol. The van der Waals surface area contributed by atoms with Gasteiger partial charge in [0.15, 0.2) is 10.6 Å². The van der Waals surface area contributed by atoms with Crippen LogP contribution in [0.2, 0.25) is 0 Å². The first-order valence-electron chi connectivity index (χ1n) is 8.17. The van der Waals surface area contributed by atoms with E-state index in [0.717, 1.165) is 37.4 Å². The van der Waals surface area contributed by atoms with Gasteiger partial charge in [-0.15, -0.1) is 0 Å². The lowest BCUT2D eigenvalue weighted by Crippen LogP contribution is -2.20. The molecule has 0 amide bonds. The summed E-state index contributed by atoms with van der Waals surface area (Å²) in [4.78, 5) is 2.33. The Kier molecular flexibility index (Phi) is 5.56. The summed E-state index contributed by atoms with van der Waals surface area (Å²) >= 11 is 5.39. The van der Waals surface area contributed by atoms with Crippen LogP contribution in [0.15, 0.2) is 60.7 Å². The molecule has 2 aromatic carbocycles. The number of benzene rings is 2. The fourth-order valence-corrected chi connectivity index (χ4v) is 3.03. The van der Waals surface area contributed by atoms with E-state index in [9.17, 15) is 0 Å². The molecule has 5 heteroatoms. The summed E-state index contributed by atoms with van der Waals surface area (Å²) in [6, 6.07) is 20.7. The topological polar surface area (TPSA) is 36.9 Å². The van der Waals surface area contributed by atoms with E-state index in [4.69, 9.17) is 12.2 Å². The van der Waals surface area contributed by atoms with Gasteiger partial charge >= 0.3 is 0 Å². The van der Waals surface area contributed by atoms with Gasteiger partial charge < -0.3 is 9.47 Å². The Hall–Kier alpha value is -2.24. The smallest absolute Gasteiger partial charge is 0.195 e. The molecule has 1 N–H and O–H groups in total. The van der Waals surface area contributed by atoms with Gasteiger partial charge in [0.25, 0.3) is 0 Å². The fraction of sp³-hybridized carbons (Fsp3) is 0.263. The van der Waals surface area contributed by atoms with E-state index in [1.165, 1.54) is 5.56 Å². The summed E-state index contributed by atoms with van der Waals surface area (Å²) in [5.41, 5.74) is 2.42. The lowest BCUT2D eigenvalue weighted by Gasteiger charge is -2.17. The van der Waals surface area contributed by atoms with Crippen molar-refractivity contribution in [3.05, 3.63) is 71.0 Å². The normalized spacial score (nSPS) is 11.1. The Balaban J connectivity index is 1.59. The van der Waals surface area contributed by atoms with E-state index in [-0.39, 0.29) is 0 Å². The zero-order valence-corrected chi connectivity index (χ0v) is 14.7. The van der Waals surface area contributed by atoms with Crippen LogP contribution < -0.4 is 0 Å². The zero-order valence-electron chi connectivity index (χ0n) is 13.9. The molecule has 0 spiro atoms. The van der Waals surface area contributed by atoms with Crippen molar-refractivity contribution in [2.45, 2.75) is 19.5 Å². The second-order valence-corrected chi connectivity index (χ2v) is 6.33. The van der Waals surface area contributed by atoms with Crippen LogP contribution in [0.3, 0.4) is 0 Å². The van der Waals surface area contributed by atoms with Crippen LogP contribution in [-0.2, 0) is 13.1 Å². The van der Waals surface area contributed by atoms with Crippen LogP contribution in [0.25, 0.3) is 11.4 Å². The van der Waals surface area contributed by atoms with Crippen molar-refractivity contribution in [2.24, 2.45) is 0 Å². The summed E-state index contributed by atoms with van der Waals surface area (Å²) in [6.45, 7) is 2.83. The highest BCUT2D eigenvalue weighted by molar-refractivity contribution is 7.71. The molecule has 1 aromatic heterocycles. The number of nitrogens with zero attached hydrogens (tertiary/aromatic N) is 3. The average Bonchev–Trinajstić information content (AvgIpc) is 2.97. The standard InChI is InChI=1S/C19H22N4S/c1-22(15-16-9-4-2-5-10-16)13-8-14-23-18(20-21-19(23)24)17-11-6-3-7-12-17/h2-7,9-12H,8,13-15H2,1H3,(H,21,24). The molecule has 0 fully saturated rings. The van der Waals surface area contributed by atoms with E-state index in [1.807, 2.05) is 18.2 Å². The number of aromatic nitrogens is 3. The molecule has 1 heterocycles. The molecule has 0 atom stereocenters. The van der Waals surface area contributed by atoms with Crippen LogP contribution in [0.5, 0.6) is 0 Å². The highest BCUT2D eigenvalue weighted by Gasteiger charge is 2.08. The number of hydrogen-bond donors (Lipinski definition) is 1. The first kappa shape index (κ1) is 16.6. The number of H-pyrrole nitrogens is 1. The van der Waals surface area contributed by atoms with Crippen molar-refractivity contribution in [3.8, 4) is 11.4 Å². The van der Waals surface area contributed by atoms with Gasteiger partial charge in [-0.1, -0.05) is 60.7 Å². The fourth-order valence-electron chi connectivity index (χ4n) is 2.81. The maximum absolute atomic E-state index is 5.39. The van der Waals surface area contributed by atoms with Gasteiger partial charge in [-0.05, 0) is 37.8 Å². The maximum atomic E-state index is 5.39. The van der Waals surface area contributed by atoms with Crippen LogP contribution in [-0.4, -0.2) is 33.3 Å². The lowest BCUT2D eigenvalue weighted by atomic mass is 10.2. The minimum atomic E-state index is 0.680.